The Hall–Kier alpha value is -3.09. The van der Waals surface area contributed by atoms with E-state index in [4.69, 9.17) is 0 Å². The average Bonchev–Trinajstić information content (AvgIpc) is 3.06. The number of aromatic amines is 1. The lowest BCUT2D eigenvalue weighted by Gasteiger charge is -2.18. The molecule has 0 saturated heterocycles. The SMILES string of the molecule is CC(C)(C)C(=O)Nc1cccc(C(=O)NNC(=O)c2ccc[nH]2)c1. The Kier molecular flexibility index (Phi) is 5.03. The van der Waals surface area contributed by atoms with Crippen molar-refractivity contribution in [2.24, 2.45) is 5.41 Å². The summed E-state index contributed by atoms with van der Waals surface area (Å²) in [5, 5.41) is 2.75. The molecule has 4 N–H and O–H groups in total. The van der Waals surface area contributed by atoms with Crippen molar-refractivity contribution in [1.82, 2.24) is 15.8 Å². The molecule has 0 spiro atoms. The third-order valence-corrected chi connectivity index (χ3v) is 3.20. The van der Waals surface area contributed by atoms with Crippen LogP contribution in [0, 0.1) is 5.41 Å². The van der Waals surface area contributed by atoms with Crippen molar-refractivity contribution in [3.8, 4) is 0 Å². The first kappa shape index (κ1) is 17.3. The number of hydrazine groups is 1. The van der Waals surface area contributed by atoms with Gasteiger partial charge in [0.05, 0.1) is 0 Å². The van der Waals surface area contributed by atoms with Gasteiger partial charge < -0.3 is 10.3 Å². The Morgan fingerprint density at radius 3 is 2.29 bits per heavy atom. The van der Waals surface area contributed by atoms with Crippen LogP contribution < -0.4 is 16.2 Å². The molecule has 2 aromatic rings. The molecule has 0 fully saturated rings. The highest BCUT2D eigenvalue weighted by atomic mass is 16.2. The minimum atomic E-state index is -0.539. The highest BCUT2D eigenvalue weighted by Gasteiger charge is 2.21. The number of H-pyrrole nitrogens is 1. The number of amides is 3. The van der Waals surface area contributed by atoms with Gasteiger partial charge in [-0.3, -0.25) is 25.2 Å². The van der Waals surface area contributed by atoms with E-state index in [9.17, 15) is 14.4 Å². The van der Waals surface area contributed by atoms with E-state index >= 15 is 0 Å². The lowest BCUT2D eigenvalue weighted by molar-refractivity contribution is -0.123. The Morgan fingerprint density at radius 1 is 0.958 bits per heavy atom. The molecule has 0 unspecified atom stereocenters. The Labute approximate surface area is 139 Å². The number of carbonyl (C=O) groups is 3. The monoisotopic (exact) mass is 328 g/mol. The summed E-state index contributed by atoms with van der Waals surface area (Å²) in [6.45, 7) is 5.40. The standard InChI is InChI=1S/C17H20N4O3/c1-17(2,3)16(24)19-12-7-4-6-11(10-12)14(22)20-21-15(23)13-8-5-9-18-13/h4-10,18H,1-3H3,(H,19,24)(H,20,22)(H,21,23). The summed E-state index contributed by atoms with van der Waals surface area (Å²) in [5.74, 6) is -1.09. The van der Waals surface area contributed by atoms with E-state index < -0.39 is 17.2 Å². The summed E-state index contributed by atoms with van der Waals surface area (Å²) in [6, 6.07) is 9.74. The lowest BCUT2D eigenvalue weighted by atomic mass is 9.95. The van der Waals surface area contributed by atoms with Gasteiger partial charge in [-0.05, 0) is 30.3 Å². The molecule has 1 aromatic carbocycles. The summed E-state index contributed by atoms with van der Waals surface area (Å²) in [7, 11) is 0. The minimum absolute atomic E-state index is 0.153. The zero-order valence-electron chi connectivity index (χ0n) is 13.8. The molecular weight excluding hydrogens is 308 g/mol. The first-order chi connectivity index (χ1) is 11.3. The number of rotatable bonds is 3. The molecule has 24 heavy (non-hydrogen) atoms. The van der Waals surface area contributed by atoms with Gasteiger partial charge >= 0.3 is 0 Å². The lowest BCUT2D eigenvalue weighted by Crippen LogP contribution is -2.41. The van der Waals surface area contributed by atoms with Crippen molar-refractivity contribution in [3.05, 3.63) is 53.9 Å². The molecule has 0 atom stereocenters. The minimum Gasteiger partial charge on any atom is -0.357 e. The molecule has 126 valence electrons. The average molecular weight is 328 g/mol. The number of nitrogens with one attached hydrogen (secondary N) is 4. The van der Waals surface area contributed by atoms with E-state index in [0.29, 0.717) is 16.9 Å². The van der Waals surface area contributed by atoms with Crippen LogP contribution >= 0.6 is 0 Å². The molecule has 0 bridgehead atoms. The van der Waals surface area contributed by atoms with E-state index in [1.807, 2.05) is 0 Å². The second kappa shape index (κ2) is 6.99. The number of carbonyl (C=O) groups excluding carboxylic acids is 3. The fraction of sp³-hybridized carbons (Fsp3) is 0.235. The van der Waals surface area contributed by atoms with Gasteiger partial charge in [0, 0.05) is 22.9 Å². The summed E-state index contributed by atoms with van der Waals surface area (Å²) in [4.78, 5) is 38.6. The normalized spacial score (nSPS) is 10.8. The fourth-order valence-electron chi connectivity index (χ4n) is 1.78. The van der Waals surface area contributed by atoms with E-state index in [0.717, 1.165) is 0 Å². The Morgan fingerprint density at radius 2 is 1.67 bits per heavy atom. The number of anilines is 1. The van der Waals surface area contributed by atoms with Crippen molar-refractivity contribution in [2.45, 2.75) is 20.8 Å². The van der Waals surface area contributed by atoms with Gasteiger partial charge in [0.1, 0.15) is 5.69 Å². The number of hydrogen-bond acceptors (Lipinski definition) is 3. The van der Waals surface area contributed by atoms with Gasteiger partial charge in [0.15, 0.2) is 0 Å². The maximum atomic E-state index is 12.1. The first-order valence-electron chi connectivity index (χ1n) is 7.43. The van der Waals surface area contributed by atoms with Crippen molar-refractivity contribution in [2.75, 3.05) is 5.32 Å². The van der Waals surface area contributed by atoms with E-state index in [1.54, 1.807) is 63.4 Å². The third-order valence-electron chi connectivity index (χ3n) is 3.20. The summed E-state index contributed by atoms with van der Waals surface area (Å²) in [6.07, 6.45) is 1.61. The second-order valence-electron chi connectivity index (χ2n) is 6.28. The van der Waals surface area contributed by atoms with Crippen molar-refractivity contribution in [1.29, 1.82) is 0 Å². The van der Waals surface area contributed by atoms with Crippen LogP contribution in [0.4, 0.5) is 5.69 Å². The van der Waals surface area contributed by atoms with Gasteiger partial charge in [0.25, 0.3) is 11.8 Å². The fourth-order valence-corrected chi connectivity index (χ4v) is 1.78. The molecule has 3 amide bonds. The van der Waals surface area contributed by atoms with Crippen molar-refractivity contribution >= 4 is 23.4 Å². The topological polar surface area (TPSA) is 103 Å². The zero-order chi connectivity index (χ0) is 17.7. The molecule has 0 aliphatic carbocycles. The highest BCUT2D eigenvalue weighted by molar-refractivity contribution is 6.00. The van der Waals surface area contributed by atoms with Crippen LogP contribution in [0.1, 0.15) is 41.6 Å². The van der Waals surface area contributed by atoms with E-state index in [1.165, 1.54) is 0 Å². The van der Waals surface area contributed by atoms with Crippen LogP contribution in [0.3, 0.4) is 0 Å². The highest BCUT2D eigenvalue weighted by Crippen LogP contribution is 2.18. The molecular formula is C17H20N4O3. The molecule has 0 aliphatic rings. The maximum absolute atomic E-state index is 12.1. The number of hydrogen-bond donors (Lipinski definition) is 4. The molecule has 2 rings (SSSR count). The van der Waals surface area contributed by atoms with Crippen LogP contribution in [-0.4, -0.2) is 22.7 Å². The van der Waals surface area contributed by atoms with E-state index in [-0.39, 0.29) is 5.91 Å². The number of aromatic nitrogens is 1. The van der Waals surface area contributed by atoms with Gasteiger partial charge in [-0.2, -0.15) is 0 Å². The molecule has 0 radical (unpaired) electrons. The van der Waals surface area contributed by atoms with Gasteiger partial charge in [0.2, 0.25) is 5.91 Å². The molecule has 7 nitrogen and oxygen atoms in total. The number of benzene rings is 1. The van der Waals surface area contributed by atoms with E-state index in [2.05, 4.69) is 21.2 Å². The molecule has 7 heteroatoms. The van der Waals surface area contributed by atoms with Gasteiger partial charge in [-0.15, -0.1) is 0 Å². The summed E-state index contributed by atoms with van der Waals surface area (Å²) >= 11 is 0. The molecule has 0 saturated carbocycles. The van der Waals surface area contributed by atoms with Crippen LogP contribution in [0.5, 0.6) is 0 Å². The van der Waals surface area contributed by atoms with Gasteiger partial charge in [-0.25, -0.2) is 0 Å². The quantitative estimate of drug-likeness (QED) is 0.649. The Balaban J connectivity index is 1.99. The predicted molar refractivity (Wildman–Crippen MR) is 90.3 cm³/mol. The van der Waals surface area contributed by atoms with Crippen LogP contribution in [-0.2, 0) is 4.79 Å². The first-order valence-corrected chi connectivity index (χ1v) is 7.43. The molecule has 1 aromatic heterocycles. The summed E-state index contributed by atoms with van der Waals surface area (Å²) in [5.41, 5.74) is 5.26. The van der Waals surface area contributed by atoms with Crippen LogP contribution in [0.2, 0.25) is 0 Å². The zero-order valence-corrected chi connectivity index (χ0v) is 13.8. The predicted octanol–water partition coefficient (Wildman–Crippen LogP) is 2.07. The summed E-state index contributed by atoms with van der Waals surface area (Å²) < 4.78 is 0. The molecule has 0 aliphatic heterocycles. The largest absolute Gasteiger partial charge is 0.357 e. The molecule has 1 heterocycles. The second-order valence-corrected chi connectivity index (χ2v) is 6.28. The Bertz CT molecular complexity index is 745. The van der Waals surface area contributed by atoms with Crippen molar-refractivity contribution in [3.63, 3.8) is 0 Å². The van der Waals surface area contributed by atoms with Crippen LogP contribution in [0.25, 0.3) is 0 Å². The third kappa shape index (κ3) is 4.45. The van der Waals surface area contributed by atoms with Gasteiger partial charge in [-0.1, -0.05) is 26.8 Å². The van der Waals surface area contributed by atoms with Crippen molar-refractivity contribution < 1.29 is 14.4 Å². The maximum Gasteiger partial charge on any atom is 0.286 e. The smallest absolute Gasteiger partial charge is 0.286 e. The van der Waals surface area contributed by atoms with Crippen LogP contribution in [0.15, 0.2) is 42.6 Å².